The van der Waals surface area contributed by atoms with Crippen LogP contribution in [0.3, 0.4) is 0 Å². The van der Waals surface area contributed by atoms with Gasteiger partial charge in [0.25, 0.3) is 10.1 Å². The van der Waals surface area contributed by atoms with Crippen molar-refractivity contribution in [3.05, 3.63) is 23.8 Å². The molecule has 16 heavy (non-hydrogen) atoms. The van der Waals surface area contributed by atoms with Crippen LogP contribution in [0.25, 0.3) is 0 Å². The molecule has 8 heteroatoms. The highest BCUT2D eigenvalue weighted by Crippen LogP contribution is 2.38. The predicted molar refractivity (Wildman–Crippen MR) is 53.0 cm³/mol. The number of thioether (sulfide) groups is 1. The summed E-state index contributed by atoms with van der Waals surface area (Å²) in [7, 11) is -4.90. The maximum atomic E-state index is 12.5. The summed E-state index contributed by atoms with van der Waals surface area (Å²) in [6.07, 6.45) is -3.40. The molecule has 0 fully saturated rings. The molecule has 90 valence electrons. The van der Waals surface area contributed by atoms with E-state index in [0.29, 0.717) is 6.07 Å². The van der Waals surface area contributed by atoms with Gasteiger partial charge in [0.15, 0.2) is 0 Å². The van der Waals surface area contributed by atoms with Crippen LogP contribution in [0.4, 0.5) is 13.2 Å². The van der Waals surface area contributed by atoms with E-state index in [1.807, 2.05) is 0 Å². The number of hydrogen-bond donors (Lipinski definition) is 1. The molecule has 0 radical (unpaired) electrons. The molecule has 0 saturated carbocycles. The van der Waals surface area contributed by atoms with E-state index in [1.165, 1.54) is 12.3 Å². The number of rotatable bonds is 2. The van der Waals surface area contributed by atoms with Crippen molar-refractivity contribution in [2.45, 2.75) is 16.0 Å². The van der Waals surface area contributed by atoms with Crippen LogP contribution in [0.5, 0.6) is 0 Å². The fraction of sp³-hybridized carbons (Fsp3) is 0.250. The molecule has 0 amide bonds. The third-order valence-electron chi connectivity index (χ3n) is 1.76. The fourth-order valence-corrected chi connectivity index (χ4v) is 3.03. The van der Waals surface area contributed by atoms with Crippen LogP contribution >= 0.6 is 11.8 Å². The monoisotopic (exact) mass is 272 g/mol. The Hall–Kier alpha value is -0.730. The minimum Gasteiger partial charge on any atom is -0.282 e. The van der Waals surface area contributed by atoms with E-state index < -0.39 is 26.8 Å². The van der Waals surface area contributed by atoms with E-state index in [2.05, 4.69) is 0 Å². The van der Waals surface area contributed by atoms with Gasteiger partial charge in [0, 0.05) is 4.90 Å². The van der Waals surface area contributed by atoms with Gasteiger partial charge in [-0.2, -0.15) is 21.6 Å². The van der Waals surface area contributed by atoms with Crippen LogP contribution in [-0.4, -0.2) is 19.2 Å². The average Bonchev–Trinajstić information content (AvgIpc) is 2.13. The molecule has 3 nitrogen and oxygen atoms in total. The lowest BCUT2D eigenvalue weighted by Crippen LogP contribution is -2.13. The first kappa shape index (κ1) is 13.3. The smallest absolute Gasteiger partial charge is 0.282 e. The van der Waals surface area contributed by atoms with Crippen molar-refractivity contribution in [3.63, 3.8) is 0 Å². The van der Waals surface area contributed by atoms with Crippen molar-refractivity contribution in [1.29, 1.82) is 0 Å². The Labute approximate surface area is 94.4 Å². The molecule has 0 heterocycles. The van der Waals surface area contributed by atoms with Crippen LogP contribution in [0.2, 0.25) is 0 Å². The second-order valence-electron chi connectivity index (χ2n) is 2.81. The van der Waals surface area contributed by atoms with Gasteiger partial charge in [-0.15, -0.1) is 11.8 Å². The zero-order valence-corrected chi connectivity index (χ0v) is 9.58. The zero-order chi connectivity index (χ0) is 12.6. The van der Waals surface area contributed by atoms with Crippen LogP contribution < -0.4 is 0 Å². The normalized spacial score (nSPS) is 12.8. The second-order valence-corrected chi connectivity index (χ2v) is 5.02. The zero-order valence-electron chi connectivity index (χ0n) is 7.95. The fourth-order valence-electron chi connectivity index (χ4n) is 1.17. The Morgan fingerprint density at radius 2 is 1.88 bits per heavy atom. The first-order valence-electron chi connectivity index (χ1n) is 3.89. The summed E-state index contributed by atoms with van der Waals surface area (Å²) in [6.45, 7) is 0. The van der Waals surface area contributed by atoms with Crippen molar-refractivity contribution < 1.29 is 26.1 Å². The molecule has 0 aliphatic rings. The summed E-state index contributed by atoms with van der Waals surface area (Å²) in [4.78, 5) is -1.23. The molecule has 0 bridgehead atoms. The van der Waals surface area contributed by atoms with Crippen LogP contribution in [0, 0.1) is 0 Å². The Morgan fingerprint density at radius 1 is 1.31 bits per heavy atom. The van der Waals surface area contributed by atoms with Crippen LogP contribution in [0.15, 0.2) is 28.0 Å². The van der Waals surface area contributed by atoms with E-state index >= 15 is 0 Å². The van der Waals surface area contributed by atoms with Crippen LogP contribution in [0.1, 0.15) is 5.56 Å². The highest BCUT2D eigenvalue weighted by Gasteiger charge is 2.38. The minimum atomic E-state index is -4.90. The lowest BCUT2D eigenvalue weighted by molar-refractivity contribution is -0.140. The summed E-state index contributed by atoms with van der Waals surface area (Å²) in [5.41, 5.74) is -1.36. The quantitative estimate of drug-likeness (QED) is 0.664. The number of alkyl halides is 3. The molecule has 0 spiro atoms. The van der Waals surface area contributed by atoms with E-state index in [9.17, 15) is 21.6 Å². The van der Waals surface area contributed by atoms with Crippen molar-refractivity contribution in [1.82, 2.24) is 0 Å². The number of hydrogen-bond acceptors (Lipinski definition) is 3. The first-order chi connectivity index (χ1) is 7.18. The van der Waals surface area contributed by atoms with Crippen molar-refractivity contribution in [2.75, 3.05) is 6.26 Å². The SMILES string of the molecule is CSc1cccc(C(F)(F)F)c1S(=O)(=O)O. The Bertz CT molecular complexity index is 494. The Balaban J connectivity index is 3.65. The minimum absolute atomic E-state index is 0.141. The lowest BCUT2D eigenvalue weighted by Gasteiger charge is -2.13. The van der Waals surface area contributed by atoms with Gasteiger partial charge in [-0.3, -0.25) is 4.55 Å². The Kier molecular flexibility index (Phi) is 3.56. The maximum Gasteiger partial charge on any atom is 0.417 e. The molecule has 1 aromatic carbocycles. The summed E-state index contributed by atoms with van der Waals surface area (Å²) in [5, 5.41) is 0. The highest BCUT2D eigenvalue weighted by atomic mass is 32.2. The summed E-state index contributed by atoms with van der Waals surface area (Å²) >= 11 is 0.813. The van der Waals surface area contributed by atoms with E-state index in [0.717, 1.165) is 17.8 Å². The standard InChI is InChI=1S/C8H7F3O3S2/c1-15-6-4-2-3-5(8(9,10)11)7(6)16(12,13)14/h2-4H,1H3,(H,12,13,14). The van der Waals surface area contributed by atoms with Gasteiger partial charge in [0.05, 0.1) is 5.56 Å². The molecule has 0 aliphatic carbocycles. The average molecular weight is 272 g/mol. The maximum absolute atomic E-state index is 12.5. The molecule has 0 aliphatic heterocycles. The molecule has 0 atom stereocenters. The summed E-state index contributed by atoms with van der Waals surface area (Å²) < 4.78 is 68.2. The van der Waals surface area contributed by atoms with E-state index in [1.54, 1.807) is 0 Å². The molecule has 0 unspecified atom stereocenters. The number of halogens is 3. The molecular formula is C8H7F3O3S2. The van der Waals surface area contributed by atoms with E-state index in [4.69, 9.17) is 4.55 Å². The van der Waals surface area contributed by atoms with Crippen molar-refractivity contribution >= 4 is 21.9 Å². The summed E-state index contributed by atoms with van der Waals surface area (Å²) in [5.74, 6) is 0. The molecule has 1 rings (SSSR count). The van der Waals surface area contributed by atoms with Gasteiger partial charge in [-0.05, 0) is 18.4 Å². The Morgan fingerprint density at radius 3 is 2.25 bits per heavy atom. The van der Waals surface area contributed by atoms with E-state index in [-0.39, 0.29) is 4.90 Å². The molecule has 1 N–H and O–H groups in total. The van der Waals surface area contributed by atoms with Crippen molar-refractivity contribution in [2.24, 2.45) is 0 Å². The topological polar surface area (TPSA) is 54.4 Å². The first-order valence-corrected chi connectivity index (χ1v) is 6.56. The molecule has 1 aromatic rings. The molecule has 0 aromatic heterocycles. The van der Waals surface area contributed by atoms with Gasteiger partial charge in [0.1, 0.15) is 4.90 Å². The van der Waals surface area contributed by atoms with Crippen molar-refractivity contribution in [3.8, 4) is 0 Å². The predicted octanol–water partition coefficient (Wildman–Crippen LogP) is 2.67. The third kappa shape index (κ3) is 2.69. The number of benzene rings is 1. The van der Waals surface area contributed by atoms with Gasteiger partial charge >= 0.3 is 6.18 Å². The van der Waals surface area contributed by atoms with Gasteiger partial charge in [0.2, 0.25) is 0 Å². The lowest BCUT2D eigenvalue weighted by atomic mass is 10.2. The third-order valence-corrected chi connectivity index (χ3v) is 3.63. The van der Waals surface area contributed by atoms with Gasteiger partial charge < -0.3 is 0 Å². The highest BCUT2D eigenvalue weighted by molar-refractivity contribution is 7.99. The van der Waals surface area contributed by atoms with Gasteiger partial charge in [-0.1, -0.05) is 6.07 Å². The van der Waals surface area contributed by atoms with Crippen LogP contribution in [-0.2, 0) is 16.3 Å². The largest absolute Gasteiger partial charge is 0.417 e. The molecule has 0 saturated heterocycles. The summed E-state index contributed by atoms with van der Waals surface area (Å²) in [6, 6.07) is 2.90. The second kappa shape index (κ2) is 4.27. The van der Waals surface area contributed by atoms with Gasteiger partial charge in [-0.25, -0.2) is 0 Å². The molecular weight excluding hydrogens is 265 g/mol.